The first-order valence-electron chi connectivity index (χ1n) is 9.58. The molecule has 4 N–H and O–H groups in total. The molecule has 0 radical (unpaired) electrons. The lowest BCUT2D eigenvalue weighted by atomic mass is 10.0. The molecule has 3 rings (SSSR count). The fourth-order valence-corrected chi connectivity index (χ4v) is 3.22. The van der Waals surface area contributed by atoms with Crippen LogP contribution in [0.2, 0.25) is 0 Å². The van der Waals surface area contributed by atoms with Gasteiger partial charge in [0.2, 0.25) is 0 Å². The fraction of sp³-hybridized carbons (Fsp3) is 0.130. The SMILES string of the molecule is COC(=O)c1cc(NC(=O)c2cc(NCC(=O)O)c3ccccc3c2O)cc(C(=O)OC)c1. The monoisotopic (exact) mass is 452 g/mol. The molecular weight excluding hydrogens is 432 g/mol. The maximum absolute atomic E-state index is 13.0. The summed E-state index contributed by atoms with van der Waals surface area (Å²) in [5, 5.41) is 25.8. The van der Waals surface area contributed by atoms with Crippen molar-refractivity contribution in [3.63, 3.8) is 0 Å². The topological polar surface area (TPSA) is 151 Å². The van der Waals surface area contributed by atoms with Crippen LogP contribution in [0.4, 0.5) is 11.4 Å². The van der Waals surface area contributed by atoms with Gasteiger partial charge in [-0.2, -0.15) is 0 Å². The molecule has 0 aliphatic heterocycles. The van der Waals surface area contributed by atoms with Crippen molar-refractivity contribution in [1.29, 1.82) is 0 Å². The molecule has 1 amide bonds. The third-order valence-corrected chi connectivity index (χ3v) is 4.72. The number of aliphatic carboxylic acids is 1. The van der Waals surface area contributed by atoms with Crippen LogP contribution in [-0.2, 0) is 14.3 Å². The highest BCUT2D eigenvalue weighted by Crippen LogP contribution is 2.35. The molecule has 0 heterocycles. The van der Waals surface area contributed by atoms with Gasteiger partial charge in [-0.3, -0.25) is 9.59 Å². The number of amides is 1. The van der Waals surface area contributed by atoms with Gasteiger partial charge in [-0.1, -0.05) is 24.3 Å². The average molecular weight is 452 g/mol. The highest BCUT2D eigenvalue weighted by molar-refractivity contribution is 6.13. The maximum atomic E-state index is 13.0. The summed E-state index contributed by atoms with van der Waals surface area (Å²) in [5.41, 5.74) is 0.264. The van der Waals surface area contributed by atoms with Gasteiger partial charge in [0.1, 0.15) is 12.3 Å². The second-order valence-corrected chi connectivity index (χ2v) is 6.85. The van der Waals surface area contributed by atoms with Gasteiger partial charge in [0.05, 0.1) is 30.9 Å². The number of esters is 2. The summed E-state index contributed by atoms with van der Waals surface area (Å²) < 4.78 is 9.36. The Balaban J connectivity index is 2.04. The third-order valence-electron chi connectivity index (χ3n) is 4.72. The summed E-state index contributed by atoms with van der Waals surface area (Å²) >= 11 is 0. The summed E-state index contributed by atoms with van der Waals surface area (Å²) in [6.45, 7) is -0.403. The molecule has 0 aliphatic rings. The van der Waals surface area contributed by atoms with E-state index in [9.17, 15) is 24.3 Å². The van der Waals surface area contributed by atoms with E-state index >= 15 is 0 Å². The largest absolute Gasteiger partial charge is 0.506 e. The number of aromatic hydroxyl groups is 1. The molecule has 170 valence electrons. The molecule has 0 atom stereocenters. The molecule has 0 unspecified atom stereocenters. The Morgan fingerprint density at radius 1 is 0.879 bits per heavy atom. The Morgan fingerprint density at radius 2 is 1.45 bits per heavy atom. The number of benzene rings is 3. The minimum absolute atomic E-state index is 0.00208. The highest BCUT2D eigenvalue weighted by Gasteiger charge is 2.20. The zero-order valence-electron chi connectivity index (χ0n) is 17.7. The highest BCUT2D eigenvalue weighted by atomic mass is 16.5. The van der Waals surface area contributed by atoms with Crippen molar-refractivity contribution in [2.45, 2.75) is 0 Å². The van der Waals surface area contributed by atoms with Crippen molar-refractivity contribution >= 4 is 46.0 Å². The Hall–Kier alpha value is -4.60. The number of ether oxygens (including phenoxy) is 2. The van der Waals surface area contributed by atoms with E-state index in [1.807, 2.05) is 0 Å². The number of carboxylic acids is 1. The Labute approximate surface area is 187 Å². The molecule has 0 aliphatic carbocycles. The van der Waals surface area contributed by atoms with Crippen molar-refractivity contribution in [2.75, 3.05) is 31.4 Å². The van der Waals surface area contributed by atoms with Crippen molar-refractivity contribution in [1.82, 2.24) is 0 Å². The average Bonchev–Trinajstić information content (AvgIpc) is 2.82. The Kier molecular flexibility index (Phi) is 6.77. The Bertz CT molecular complexity index is 1230. The number of rotatable bonds is 7. The number of fused-ring (bicyclic) bond motifs is 1. The van der Waals surface area contributed by atoms with Crippen LogP contribution in [-0.4, -0.2) is 54.8 Å². The molecule has 33 heavy (non-hydrogen) atoms. The van der Waals surface area contributed by atoms with Crippen LogP contribution in [0.25, 0.3) is 10.8 Å². The van der Waals surface area contributed by atoms with E-state index in [2.05, 4.69) is 20.1 Å². The summed E-state index contributed by atoms with van der Waals surface area (Å²) in [7, 11) is 2.34. The van der Waals surface area contributed by atoms with Gasteiger partial charge < -0.3 is 30.3 Å². The summed E-state index contributed by atoms with van der Waals surface area (Å²) in [6.07, 6.45) is 0. The van der Waals surface area contributed by atoms with Crippen molar-refractivity contribution in [2.24, 2.45) is 0 Å². The van der Waals surface area contributed by atoms with Gasteiger partial charge in [0, 0.05) is 22.1 Å². The molecular formula is C23H20N2O8. The first-order chi connectivity index (χ1) is 15.7. The number of methoxy groups -OCH3 is 2. The van der Waals surface area contributed by atoms with Crippen LogP contribution in [0.3, 0.4) is 0 Å². The van der Waals surface area contributed by atoms with Crippen molar-refractivity contribution in [3.8, 4) is 5.75 Å². The van der Waals surface area contributed by atoms with Gasteiger partial charge in [0.15, 0.2) is 0 Å². The molecule has 10 nitrogen and oxygen atoms in total. The van der Waals surface area contributed by atoms with Crippen LogP contribution < -0.4 is 10.6 Å². The zero-order chi connectivity index (χ0) is 24.1. The lowest BCUT2D eigenvalue weighted by Crippen LogP contribution is -2.16. The van der Waals surface area contributed by atoms with Crippen LogP contribution >= 0.6 is 0 Å². The second-order valence-electron chi connectivity index (χ2n) is 6.85. The van der Waals surface area contributed by atoms with Crippen LogP contribution in [0.5, 0.6) is 5.75 Å². The number of hydrogen-bond acceptors (Lipinski definition) is 8. The number of hydrogen-bond donors (Lipinski definition) is 4. The first kappa shape index (κ1) is 23.1. The smallest absolute Gasteiger partial charge is 0.337 e. The van der Waals surface area contributed by atoms with E-state index in [-0.39, 0.29) is 28.1 Å². The number of anilines is 2. The molecule has 0 saturated carbocycles. The van der Waals surface area contributed by atoms with Crippen LogP contribution in [0, 0.1) is 0 Å². The van der Waals surface area contributed by atoms with E-state index in [0.717, 1.165) is 0 Å². The minimum atomic E-state index is -1.10. The number of carbonyl (C=O) groups excluding carboxylic acids is 3. The summed E-state index contributed by atoms with van der Waals surface area (Å²) in [6, 6.07) is 11.8. The van der Waals surface area contributed by atoms with Gasteiger partial charge >= 0.3 is 17.9 Å². The zero-order valence-corrected chi connectivity index (χ0v) is 17.7. The number of phenols is 1. The number of carboxylic acid groups (broad SMARTS) is 1. The van der Waals surface area contributed by atoms with E-state index < -0.39 is 30.4 Å². The molecule has 0 aromatic heterocycles. The van der Waals surface area contributed by atoms with E-state index in [1.54, 1.807) is 24.3 Å². The molecule has 3 aromatic rings. The van der Waals surface area contributed by atoms with Crippen LogP contribution in [0.1, 0.15) is 31.1 Å². The van der Waals surface area contributed by atoms with E-state index in [4.69, 9.17) is 5.11 Å². The molecule has 0 bridgehead atoms. The van der Waals surface area contributed by atoms with E-state index in [1.165, 1.54) is 38.5 Å². The van der Waals surface area contributed by atoms with E-state index in [0.29, 0.717) is 16.5 Å². The van der Waals surface area contributed by atoms with Crippen molar-refractivity contribution < 1.29 is 38.9 Å². The normalized spacial score (nSPS) is 10.4. The molecule has 0 spiro atoms. The number of carbonyl (C=O) groups is 4. The summed E-state index contributed by atoms with van der Waals surface area (Å²) in [5.74, 6) is -3.64. The fourth-order valence-electron chi connectivity index (χ4n) is 3.22. The van der Waals surface area contributed by atoms with Crippen LogP contribution in [0.15, 0.2) is 48.5 Å². The minimum Gasteiger partial charge on any atom is -0.506 e. The number of phenolic OH excluding ortho intramolecular Hbond substituents is 1. The van der Waals surface area contributed by atoms with Gasteiger partial charge in [-0.25, -0.2) is 9.59 Å². The standard InChI is InChI=1S/C23H20N2O8/c1-32-22(30)12-7-13(23(31)33-2)9-14(8-12)25-21(29)17-10-18(24-11-19(26)27)15-5-3-4-6-16(15)20(17)28/h3-10,24,28H,11H2,1-2H3,(H,25,29)(H,26,27). The molecule has 0 fully saturated rings. The quantitative estimate of drug-likeness (QED) is 0.313. The maximum Gasteiger partial charge on any atom is 0.337 e. The lowest BCUT2D eigenvalue weighted by Gasteiger charge is -2.14. The van der Waals surface area contributed by atoms with Gasteiger partial charge in [0.25, 0.3) is 5.91 Å². The molecule has 3 aromatic carbocycles. The summed E-state index contributed by atoms with van der Waals surface area (Å²) in [4.78, 5) is 48.0. The molecule has 0 saturated heterocycles. The number of nitrogens with one attached hydrogen (secondary N) is 2. The lowest BCUT2D eigenvalue weighted by molar-refractivity contribution is -0.134. The first-order valence-corrected chi connectivity index (χ1v) is 9.58. The van der Waals surface area contributed by atoms with Gasteiger partial charge in [-0.15, -0.1) is 0 Å². The van der Waals surface area contributed by atoms with Gasteiger partial charge in [-0.05, 0) is 24.3 Å². The Morgan fingerprint density at radius 3 is 2.00 bits per heavy atom. The second kappa shape index (κ2) is 9.69. The predicted octanol–water partition coefficient (Wildman–Crippen LogP) is 2.87. The third kappa shape index (κ3) is 5.01. The molecule has 10 heteroatoms. The van der Waals surface area contributed by atoms with Crippen molar-refractivity contribution in [3.05, 3.63) is 65.2 Å². The predicted molar refractivity (Wildman–Crippen MR) is 119 cm³/mol.